The van der Waals surface area contributed by atoms with Crippen LogP contribution in [0.4, 0.5) is 5.69 Å². The maximum atomic E-state index is 12.2. The van der Waals surface area contributed by atoms with Gasteiger partial charge in [-0.15, -0.1) is 0 Å². The lowest BCUT2D eigenvalue weighted by Gasteiger charge is -2.18. The fraction of sp³-hybridized carbons (Fsp3) is 0.158. The first-order valence-corrected chi connectivity index (χ1v) is 7.81. The number of nitrogens with one attached hydrogen (secondary N) is 1. The van der Waals surface area contributed by atoms with Gasteiger partial charge in [0, 0.05) is 29.7 Å². The van der Waals surface area contributed by atoms with Gasteiger partial charge in [0.1, 0.15) is 0 Å². The number of hydrogen-bond acceptors (Lipinski definition) is 4. The summed E-state index contributed by atoms with van der Waals surface area (Å²) < 4.78 is 0. The van der Waals surface area contributed by atoms with Crippen molar-refractivity contribution in [2.45, 2.75) is 19.3 Å². The number of carbonyl (C=O) groups is 4. The number of carbonyl (C=O) groups excluding carboxylic acids is 3. The molecule has 0 spiro atoms. The minimum Gasteiger partial charge on any atom is -0.481 e. The third kappa shape index (κ3) is 3.33. The van der Waals surface area contributed by atoms with Crippen LogP contribution in [-0.2, 0) is 9.59 Å². The van der Waals surface area contributed by atoms with E-state index in [0.29, 0.717) is 27.9 Å². The van der Waals surface area contributed by atoms with E-state index in [1.165, 1.54) is 6.07 Å². The van der Waals surface area contributed by atoms with E-state index < -0.39 is 17.5 Å². The number of carboxylic acid groups (broad SMARTS) is 1. The Balaban J connectivity index is 1.85. The SMILES string of the molecule is O=C(O)CCCC(=O)Nc1ccc2c(c1)-c1ccccc1C(=O)C2=O. The number of ketones is 2. The summed E-state index contributed by atoms with van der Waals surface area (Å²) in [6, 6.07) is 11.6. The van der Waals surface area contributed by atoms with Crippen LogP contribution < -0.4 is 5.32 Å². The largest absolute Gasteiger partial charge is 0.481 e. The Hall–Kier alpha value is -3.28. The van der Waals surface area contributed by atoms with E-state index in [1.54, 1.807) is 36.4 Å². The first-order valence-electron chi connectivity index (χ1n) is 7.81. The third-order valence-electron chi connectivity index (χ3n) is 4.01. The highest BCUT2D eigenvalue weighted by Gasteiger charge is 2.30. The van der Waals surface area contributed by atoms with E-state index in [2.05, 4.69) is 5.32 Å². The Morgan fingerprint density at radius 3 is 2.16 bits per heavy atom. The molecule has 0 atom stereocenters. The zero-order valence-corrected chi connectivity index (χ0v) is 13.2. The molecular formula is C19H15NO5. The molecule has 1 aliphatic carbocycles. The normalized spacial score (nSPS) is 12.3. The number of benzene rings is 2. The lowest BCUT2D eigenvalue weighted by Crippen LogP contribution is -2.21. The van der Waals surface area contributed by atoms with Crippen molar-refractivity contribution >= 4 is 29.1 Å². The van der Waals surface area contributed by atoms with Crippen LogP contribution in [0, 0.1) is 0 Å². The molecule has 0 heterocycles. The molecule has 1 amide bonds. The quantitative estimate of drug-likeness (QED) is 0.817. The van der Waals surface area contributed by atoms with Gasteiger partial charge >= 0.3 is 5.97 Å². The summed E-state index contributed by atoms with van der Waals surface area (Å²) >= 11 is 0. The van der Waals surface area contributed by atoms with Crippen LogP contribution in [0.15, 0.2) is 42.5 Å². The van der Waals surface area contributed by atoms with Gasteiger partial charge in [-0.2, -0.15) is 0 Å². The number of fused-ring (bicyclic) bond motifs is 3. The van der Waals surface area contributed by atoms with Gasteiger partial charge in [0.15, 0.2) is 0 Å². The predicted octanol–water partition coefficient (Wildman–Crippen LogP) is 2.93. The lowest BCUT2D eigenvalue weighted by atomic mass is 9.84. The van der Waals surface area contributed by atoms with Crippen LogP contribution in [0.5, 0.6) is 0 Å². The van der Waals surface area contributed by atoms with Gasteiger partial charge in [0.2, 0.25) is 17.5 Å². The van der Waals surface area contributed by atoms with E-state index in [1.807, 2.05) is 0 Å². The summed E-state index contributed by atoms with van der Waals surface area (Å²) in [5.41, 5.74) is 2.42. The van der Waals surface area contributed by atoms with E-state index in [-0.39, 0.29) is 25.2 Å². The Kier molecular flexibility index (Phi) is 4.43. The molecule has 0 aromatic heterocycles. The average Bonchev–Trinajstić information content (AvgIpc) is 2.59. The Morgan fingerprint density at radius 1 is 0.840 bits per heavy atom. The molecule has 0 unspecified atom stereocenters. The highest BCUT2D eigenvalue weighted by atomic mass is 16.4. The fourth-order valence-electron chi connectivity index (χ4n) is 2.83. The van der Waals surface area contributed by atoms with Gasteiger partial charge in [0.05, 0.1) is 0 Å². The molecule has 1 aliphatic rings. The van der Waals surface area contributed by atoms with Crippen LogP contribution in [0.3, 0.4) is 0 Å². The summed E-state index contributed by atoms with van der Waals surface area (Å²) in [5, 5.41) is 11.3. The molecule has 0 bridgehead atoms. The van der Waals surface area contributed by atoms with Gasteiger partial charge in [-0.05, 0) is 35.7 Å². The molecule has 2 aromatic carbocycles. The number of rotatable bonds is 5. The predicted molar refractivity (Wildman–Crippen MR) is 90.7 cm³/mol. The number of aliphatic carboxylic acids is 1. The minimum absolute atomic E-state index is 0.0679. The number of amides is 1. The highest BCUT2D eigenvalue weighted by Crippen LogP contribution is 2.35. The summed E-state index contributed by atoms with van der Waals surface area (Å²) in [6.45, 7) is 0. The zero-order chi connectivity index (χ0) is 18.0. The van der Waals surface area contributed by atoms with Crippen molar-refractivity contribution in [2.24, 2.45) is 0 Å². The molecule has 6 heteroatoms. The zero-order valence-electron chi connectivity index (χ0n) is 13.2. The maximum absolute atomic E-state index is 12.2. The summed E-state index contributed by atoms with van der Waals surface area (Å²) in [6.07, 6.45) is 0.279. The van der Waals surface area contributed by atoms with Crippen molar-refractivity contribution in [2.75, 3.05) is 5.32 Å². The van der Waals surface area contributed by atoms with Crippen molar-refractivity contribution in [3.05, 3.63) is 53.6 Å². The minimum atomic E-state index is -0.943. The van der Waals surface area contributed by atoms with E-state index in [0.717, 1.165) is 0 Å². The monoisotopic (exact) mass is 337 g/mol. The molecule has 126 valence electrons. The van der Waals surface area contributed by atoms with Gasteiger partial charge in [-0.25, -0.2) is 0 Å². The number of carboxylic acids is 1. The molecule has 3 rings (SSSR count). The summed E-state index contributed by atoms with van der Waals surface area (Å²) in [7, 11) is 0. The lowest BCUT2D eigenvalue weighted by molar-refractivity contribution is -0.137. The van der Waals surface area contributed by atoms with Gasteiger partial charge in [-0.1, -0.05) is 24.3 Å². The van der Waals surface area contributed by atoms with Crippen LogP contribution in [-0.4, -0.2) is 28.5 Å². The van der Waals surface area contributed by atoms with Crippen LogP contribution in [0.2, 0.25) is 0 Å². The van der Waals surface area contributed by atoms with Crippen molar-refractivity contribution in [3.8, 4) is 11.1 Å². The van der Waals surface area contributed by atoms with Gasteiger partial charge in [0.25, 0.3) is 0 Å². The smallest absolute Gasteiger partial charge is 0.303 e. The second kappa shape index (κ2) is 6.68. The molecule has 0 saturated carbocycles. The molecule has 0 fully saturated rings. The van der Waals surface area contributed by atoms with Crippen LogP contribution >= 0.6 is 0 Å². The Bertz CT molecular complexity index is 900. The third-order valence-corrected chi connectivity index (χ3v) is 4.01. The molecule has 2 aromatic rings. The standard InChI is InChI=1S/C19H15NO5/c21-16(6-3-7-17(22)23)20-11-8-9-14-15(10-11)12-4-1-2-5-13(12)18(24)19(14)25/h1-2,4-5,8-10H,3,6-7H2,(H,20,21)(H,22,23). The van der Waals surface area contributed by atoms with Gasteiger partial charge in [-0.3, -0.25) is 19.2 Å². The first-order chi connectivity index (χ1) is 12.0. The second-order valence-electron chi connectivity index (χ2n) is 5.76. The first kappa shape index (κ1) is 16.6. The van der Waals surface area contributed by atoms with Crippen molar-refractivity contribution in [1.29, 1.82) is 0 Å². The second-order valence-corrected chi connectivity index (χ2v) is 5.76. The molecule has 0 aliphatic heterocycles. The van der Waals surface area contributed by atoms with Crippen LogP contribution in [0.25, 0.3) is 11.1 Å². The summed E-state index contributed by atoms with van der Waals surface area (Å²) in [4.78, 5) is 46.8. The Labute approximate surface area is 143 Å². The number of anilines is 1. The molecule has 0 saturated heterocycles. The van der Waals surface area contributed by atoms with E-state index in [4.69, 9.17) is 5.11 Å². The average molecular weight is 337 g/mol. The van der Waals surface area contributed by atoms with E-state index in [9.17, 15) is 19.2 Å². The molecule has 2 N–H and O–H groups in total. The van der Waals surface area contributed by atoms with E-state index >= 15 is 0 Å². The highest BCUT2D eigenvalue weighted by molar-refractivity contribution is 6.53. The molecule has 25 heavy (non-hydrogen) atoms. The van der Waals surface area contributed by atoms with Crippen LogP contribution in [0.1, 0.15) is 40.0 Å². The van der Waals surface area contributed by atoms with Crippen molar-refractivity contribution < 1.29 is 24.3 Å². The topological polar surface area (TPSA) is 101 Å². The van der Waals surface area contributed by atoms with Crippen molar-refractivity contribution in [1.82, 2.24) is 0 Å². The van der Waals surface area contributed by atoms with Crippen molar-refractivity contribution in [3.63, 3.8) is 0 Å². The molecule has 6 nitrogen and oxygen atoms in total. The molecule has 0 radical (unpaired) electrons. The van der Waals surface area contributed by atoms with Gasteiger partial charge < -0.3 is 10.4 Å². The number of Topliss-reactive ketones (excluding diaryl/α,β-unsaturated/α-hetero) is 2. The maximum Gasteiger partial charge on any atom is 0.303 e. The Morgan fingerprint density at radius 2 is 1.48 bits per heavy atom. The molecular weight excluding hydrogens is 322 g/mol. The summed E-state index contributed by atoms with van der Waals surface area (Å²) in [5.74, 6) is -2.34. The fourth-order valence-corrected chi connectivity index (χ4v) is 2.83. The number of hydrogen-bond donors (Lipinski definition) is 2.